The Balaban J connectivity index is 1.89. The first-order chi connectivity index (χ1) is 10.1. The third-order valence-electron chi connectivity index (χ3n) is 3.02. The molecule has 0 bridgehead atoms. The van der Waals surface area contributed by atoms with Crippen molar-refractivity contribution in [1.29, 1.82) is 0 Å². The molecule has 6 nitrogen and oxygen atoms in total. The summed E-state index contributed by atoms with van der Waals surface area (Å²) in [7, 11) is 0. The molecule has 0 spiro atoms. The van der Waals surface area contributed by atoms with Gasteiger partial charge in [0.25, 0.3) is 17.7 Å². The summed E-state index contributed by atoms with van der Waals surface area (Å²) < 4.78 is 0.513. The Hall–Kier alpha value is -2.54. The Labute approximate surface area is 127 Å². The van der Waals surface area contributed by atoms with Crippen LogP contribution < -0.4 is 5.43 Å². The van der Waals surface area contributed by atoms with E-state index in [2.05, 4.69) is 26.3 Å². The first kappa shape index (κ1) is 13.4. The first-order valence-electron chi connectivity index (χ1n) is 5.98. The average molecular weight is 346 g/mol. The van der Waals surface area contributed by atoms with E-state index in [9.17, 15) is 14.4 Å². The normalized spacial score (nSPS) is 13.3. The third-order valence-corrected chi connectivity index (χ3v) is 3.68. The summed E-state index contributed by atoms with van der Waals surface area (Å²) in [5, 5.41) is 0.720. The van der Waals surface area contributed by atoms with Gasteiger partial charge in [-0.25, -0.2) is 0 Å². The van der Waals surface area contributed by atoms with Crippen molar-refractivity contribution in [3.63, 3.8) is 0 Å². The molecule has 104 valence electrons. The second-order valence-electron chi connectivity index (χ2n) is 4.28. The maximum atomic E-state index is 12.2. The largest absolute Gasteiger partial charge is 0.281 e. The van der Waals surface area contributed by atoms with E-state index in [1.165, 1.54) is 24.5 Å². The number of nitrogens with zero attached hydrogens (tertiary/aromatic N) is 2. The van der Waals surface area contributed by atoms with Gasteiger partial charge in [0.2, 0.25) is 0 Å². The van der Waals surface area contributed by atoms with Crippen LogP contribution in [0.15, 0.2) is 47.2 Å². The van der Waals surface area contributed by atoms with Crippen molar-refractivity contribution < 1.29 is 14.4 Å². The van der Waals surface area contributed by atoms with E-state index in [0.717, 1.165) is 5.01 Å². The molecule has 3 rings (SSSR count). The number of nitrogens with one attached hydrogen (secondary N) is 1. The highest BCUT2D eigenvalue weighted by Crippen LogP contribution is 2.28. The number of halogens is 1. The number of hydrogen-bond donors (Lipinski definition) is 1. The number of fused-ring (bicyclic) bond motifs is 1. The van der Waals surface area contributed by atoms with Gasteiger partial charge in [-0.2, -0.15) is 5.01 Å². The van der Waals surface area contributed by atoms with Crippen molar-refractivity contribution in [2.24, 2.45) is 0 Å². The van der Waals surface area contributed by atoms with E-state index >= 15 is 0 Å². The van der Waals surface area contributed by atoms with E-state index in [0.29, 0.717) is 10.0 Å². The molecule has 2 aromatic rings. The minimum atomic E-state index is -0.565. The third kappa shape index (κ3) is 2.21. The maximum absolute atomic E-state index is 12.2. The Morgan fingerprint density at radius 2 is 1.81 bits per heavy atom. The lowest BCUT2D eigenvalue weighted by Gasteiger charge is -2.14. The zero-order valence-electron chi connectivity index (χ0n) is 10.5. The fourth-order valence-corrected chi connectivity index (χ4v) is 2.55. The molecule has 0 saturated carbocycles. The predicted octanol–water partition coefficient (Wildman–Crippen LogP) is 1.79. The summed E-state index contributed by atoms with van der Waals surface area (Å²) in [4.78, 5) is 40.3. The summed E-state index contributed by atoms with van der Waals surface area (Å²) in [5.74, 6) is -1.67. The molecule has 0 unspecified atom stereocenters. The van der Waals surface area contributed by atoms with Crippen molar-refractivity contribution in [3.8, 4) is 0 Å². The molecule has 1 aromatic heterocycles. The SMILES string of the molecule is O=C(NN1C(=O)c2cccc(Br)c2C1=O)c1ccncc1. The van der Waals surface area contributed by atoms with Gasteiger partial charge in [-0.05, 0) is 40.2 Å². The molecule has 2 heterocycles. The number of rotatable bonds is 2. The van der Waals surface area contributed by atoms with Crippen molar-refractivity contribution in [3.05, 3.63) is 63.9 Å². The number of imide groups is 1. The number of carbonyl (C=O) groups is 3. The number of amides is 3. The smallest absolute Gasteiger partial charge is 0.267 e. The van der Waals surface area contributed by atoms with Crippen molar-refractivity contribution in [1.82, 2.24) is 15.4 Å². The highest BCUT2D eigenvalue weighted by atomic mass is 79.9. The predicted molar refractivity (Wildman–Crippen MR) is 76.3 cm³/mol. The van der Waals surface area contributed by atoms with Gasteiger partial charge in [-0.15, -0.1) is 0 Å². The summed E-state index contributed by atoms with van der Waals surface area (Å²) in [6, 6.07) is 7.84. The van der Waals surface area contributed by atoms with Gasteiger partial charge < -0.3 is 0 Å². The van der Waals surface area contributed by atoms with Crippen molar-refractivity contribution in [2.75, 3.05) is 0 Å². The summed E-state index contributed by atoms with van der Waals surface area (Å²) in [5.41, 5.74) is 3.12. The lowest BCUT2D eigenvalue weighted by atomic mass is 10.1. The molecule has 0 saturated heterocycles. The molecule has 0 radical (unpaired) electrons. The van der Waals surface area contributed by atoms with Crippen LogP contribution >= 0.6 is 15.9 Å². The lowest BCUT2D eigenvalue weighted by Crippen LogP contribution is -2.45. The Bertz CT molecular complexity index is 761. The number of aromatic nitrogens is 1. The summed E-state index contributed by atoms with van der Waals surface area (Å²) in [6.07, 6.45) is 2.90. The fraction of sp³-hybridized carbons (Fsp3) is 0. The Morgan fingerprint density at radius 3 is 2.48 bits per heavy atom. The molecule has 0 fully saturated rings. The van der Waals surface area contributed by atoms with Crippen LogP contribution in [0.1, 0.15) is 31.1 Å². The highest BCUT2D eigenvalue weighted by Gasteiger charge is 2.38. The topological polar surface area (TPSA) is 79.4 Å². The molecule has 0 aliphatic carbocycles. The van der Waals surface area contributed by atoms with Crippen LogP contribution in [0, 0.1) is 0 Å². The standard InChI is InChI=1S/C14H8BrN3O3/c15-10-3-1-2-9-11(10)14(21)18(13(9)20)17-12(19)8-4-6-16-7-5-8/h1-7H,(H,17,19). The number of benzene rings is 1. The molecule has 21 heavy (non-hydrogen) atoms. The quantitative estimate of drug-likeness (QED) is 0.841. The highest BCUT2D eigenvalue weighted by molar-refractivity contribution is 9.10. The molecule has 3 amide bonds. The van der Waals surface area contributed by atoms with Gasteiger partial charge in [0.15, 0.2) is 0 Å². The van der Waals surface area contributed by atoms with Gasteiger partial charge in [0.1, 0.15) is 0 Å². The molecule has 1 N–H and O–H groups in total. The Morgan fingerprint density at radius 1 is 1.10 bits per heavy atom. The molecular formula is C14H8BrN3O3. The zero-order valence-corrected chi connectivity index (χ0v) is 12.1. The molecule has 0 atom stereocenters. The van der Waals surface area contributed by atoms with Gasteiger partial charge >= 0.3 is 0 Å². The van der Waals surface area contributed by atoms with Crippen LogP contribution in [0.25, 0.3) is 0 Å². The minimum Gasteiger partial charge on any atom is -0.267 e. The average Bonchev–Trinajstić information content (AvgIpc) is 2.74. The lowest BCUT2D eigenvalue weighted by molar-refractivity contribution is 0.0518. The van der Waals surface area contributed by atoms with Crippen LogP contribution in [0.3, 0.4) is 0 Å². The summed E-state index contributed by atoms with van der Waals surface area (Å²) in [6.45, 7) is 0. The second-order valence-corrected chi connectivity index (χ2v) is 5.14. The number of carbonyl (C=O) groups excluding carboxylic acids is 3. The van der Waals surface area contributed by atoms with E-state index in [1.54, 1.807) is 18.2 Å². The van der Waals surface area contributed by atoms with E-state index in [4.69, 9.17) is 0 Å². The van der Waals surface area contributed by atoms with E-state index in [1.807, 2.05) is 0 Å². The van der Waals surface area contributed by atoms with Crippen LogP contribution in [0.5, 0.6) is 0 Å². The minimum absolute atomic E-state index is 0.248. The van der Waals surface area contributed by atoms with Crippen LogP contribution in [-0.4, -0.2) is 27.7 Å². The molecule has 1 aliphatic heterocycles. The van der Waals surface area contributed by atoms with Gasteiger partial charge in [-0.1, -0.05) is 6.07 Å². The Kier molecular flexibility index (Phi) is 3.26. The maximum Gasteiger partial charge on any atom is 0.281 e. The fourth-order valence-electron chi connectivity index (χ4n) is 2.02. The van der Waals surface area contributed by atoms with Crippen molar-refractivity contribution >= 4 is 33.7 Å². The van der Waals surface area contributed by atoms with Gasteiger partial charge in [0.05, 0.1) is 11.1 Å². The molecular weight excluding hydrogens is 338 g/mol. The number of hydrogen-bond acceptors (Lipinski definition) is 4. The van der Waals surface area contributed by atoms with Gasteiger partial charge in [0, 0.05) is 22.4 Å². The van der Waals surface area contributed by atoms with E-state index in [-0.39, 0.29) is 11.1 Å². The van der Waals surface area contributed by atoms with Crippen molar-refractivity contribution in [2.45, 2.75) is 0 Å². The number of pyridine rings is 1. The monoisotopic (exact) mass is 345 g/mol. The first-order valence-corrected chi connectivity index (χ1v) is 6.77. The second kappa shape index (κ2) is 5.10. The molecule has 1 aliphatic rings. The zero-order chi connectivity index (χ0) is 15.0. The van der Waals surface area contributed by atoms with Gasteiger partial charge in [-0.3, -0.25) is 24.8 Å². The van der Waals surface area contributed by atoms with Crippen LogP contribution in [0.2, 0.25) is 0 Å². The van der Waals surface area contributed by atoms with Crippen LogP contribution in [-0.2, 0) is 0 Å². The van der Waals surface area contributed by atoms with E-state index < -0.39 is 17.7 Å². The summed E-state index contributed by atoms with van der Waals surface area (Å²) >= 11 is 3.23. The molecule has 7 heteroatoms. The van der Waals surface area contributed by atoms with Crippen LogP contribution in [0.4, 0.5) is 0 Å². The molecule has 1 aromatic carbocycles. The number of hydrazine groups is 1.